The smallest absolute Gasteiger partial charge is 0.285 e. The van der Waals surface area contributed by atoms with Crippen molar-refractivity contribution in [2.45, 2.75) is 0 Å². The van der Waals surface area contributed by atoms with E-state index < -0.39 is 11.8 Å². The molecule has 0 radical (unpaired) electrons. The monoisotopic (exact) mass is 204 g/mol. The molecule has 0 unspecified atom stereocenters. The van der Waals surface area contributed by atoms with Gasteiger partial charge in [-0.2, -0.15) is 0 Å². The first-order chi connectivity index (χ1) is 7.25. The van der Waals surface area contributed by atoms with Crippen LogP contribution < -0.4 is 0 Å². The zero-order valence-electron chi connectivity index (χ0n) is 7.77. The molecule has 15 heavy (non-hydrogen) atoms. The first-order valence-electron chi connectivity index (χ1n) is 4.35. The van der Waals surface area contributed by atoms with Gasteiger partial charge in [-0.05, 0) is 12.1 Å². The van der Waals surface area contributed by atoms with Crippen molar-refractivity contribution in [2.24, 2.45) is 0 Å². The average molecular weight is 204 g/mol. The zero-order valence-corrected chi connectivity index (χ0v) is 7.77. The van der Waals surface area contributed by atoms with Crippen molar-refractivity contribution in [2.75, 3.05) is 6.61 Å². The van der Waals surface area contributed by atoms with E-state index in [1.165, 1.54) is 0 Å². The van der Waals surface area contributed by atoms with Gasteiger partial charge < -0.3 is 5.41 Å². The lowest BCUT2D eigenvalue weighted by molar-refractivity contribution is -0.0752. The van der Waals surface area contributed by atoms with Crippen LogP contribution in [-0.2, 0) is 4.84 Å². The Hall–Kier alpha value is -2.01. The molecule has 0 aromatic heterocycles. The number of imide groups is 1. The van der Waals surface area contributed by atoms with Crippen LogP contribution in [0.4, 0.5) is 0 Å². The molecule has 0 bridgehead atoms. The van der Waals surface area contributed by atoms with E-state index in [4.69, 9.17) is 10.2 Å². The minimum absolute atomic E-state index is 0.0918. The van der Waals surface area contributed by atoms with Crippen molar-refractivity contribution in [3.05, 3.63) is 35.4 Å². The fourth-order valence-electron chi connectivity index (χ4n) is 1.40. The highest BCUT2D eigenvalue weighted by Crippen LogP contribution is 2.22. The number of hydrogen-bond acceptors (Lipinski definition) is 4. The number of rotatable bonds is 3. The van der Waals surface area contributed by atoms with E-state index >= 15 is 0 Å². The standard InChI is InChI=1S/C10H8N2O3/c11-5-6-15-12-9(13)7-3-1-2-4-8(7)10(12)14/h1-5,11H,6H2. The van der Waals surface area contributed by atoms with Gasteiger partial charge in [0.25, 0.3) is 11.8 Å². The molecule has 1 aromatic rings. The van der Waals surface area contributed by atoms with Crippen LogP contribution in [0.3, 0.4) is 0 Å². The van der Waals surface area contributed by atoms with Crippen molar-refractivity contribution >= 4 is 18.0 Å². The molecule has 0 fully saturated rings. The maximum absolute atomic E-state index is 11.6. The van der Waals surface area contributed by atoms with Crippen molar-refractivity contribution in [1.82, 2.24) is 5.06 Å². The summed E-state index contributed by atoms with van der Waals surface area (Å²) < 4.78 is 0. The molecule has 1 heterocycles. The molecule has 1 aliphatic heterocycles. The van der Waals surface area contributed by atoms with Crippen LogP contribution in [0.2, 0.25) is 0 Å². The third-order valence-electron chi connectivity index (χ3n) is 2.04. The summed E-state index contributed by atoms with van der Waals surface area (Å²) in [5.74, 6) is -0.949. The molecule has 1 aliphatic rings. The van der Waals surface area contributed by atoms with E-state index in [0.29, 0.717) is 16.2 Å². The zero-order chi connectivity index (χ0) is 10.8. The highest BCUT2D eigenvalue weighted by molar-refractivity contribution is 6.20. The number of carbonyl (C=O) groups is 2. The largest absolute Gasteiger partial charge is 0.311 e. The van der Waals surface area contributed by atoms with Gasteiger partial charge in [0.2, 0.25) is 0 Å². The molecule has 0 saturated heterocycles. The number of benzene rings is 1. The second-order valence-corrected chi connectivity index (χ2v) is 2.95. The van der Waals surface area contributed by atoms with E-state index in [-0.39, 0.29) is 6.61 Å². The minimum atomic E-state index is -0.475. The summed E-state index contributed by atoms with van der Waals surface area (Å²) in [6.45, 7) is -0.0918. The number of fused-ring (bicyclic) bond motifs is 1. The third kappa shape index (κ3) is 1.42. The molecule has 2 rings (SSSR count). The van der Waals surface area contributed by atoms with Crippen molar-refractivity contribution in [1.29, 1.82) is 5.41 Å². The second-order valence-electron chi connectivity index (χ2n) is 2.95. The van der Waals surface area contributed by atoms with Crippen LogP contribution in [-0.4, -0.2) is 29.7 Å². The molecule has 5 heteroatoms. The Morgan fingerprint density at radius 2 is 1.73 bits per heavy atom. The molecule has 5 nitrogen and oxygen atoms in total. The molecule has 0 spiro atoms. The molecule has 2 amide bonds. The number of nitrogens with zero attached hydrogens (tertiary/aromatic N) is 1. The molecule has 76 valence electrons. The van der Waals surface area contributed by atoms with Crippen LogP contribution in [0.1, 0.15) is 20.7 Å². The van der Waals surface area contributed by atoms with Crippen LogP contribution in [0, 0.1) is 5.41 Å². The third-order valence-corrected chi connectivity index (χ3v) is 2.04. The van der Waals surface area contributed by atoms with Crippen LogP contribution in [0.25, 0.3) is 0 Å². The van der Waals surface area contributed by atoms with Gasteiger partial charge in [0.05, 0.1) is 11.1 Å². The van der Waals surface area contributed by atoms with E-state index in [2.05, 4.69) is 0 Å². The summed E-state index contributed by atoms with van der Waals surface area (Å²) >= 11 is 0. The van der Waals surface area contributed by atoms with Crippen molar-refractivity contribution < 1.29 is 14.4 Å². The highest BCUT2D eigenvalue weighted by Gasteiger charge is 2.36. The highest BCUT2D eigenvalue weighted by atomic mass is 16.7. The normalized spacial score (nSPS) is 14.3. The van der Waals surface area contributed by atoms with Crippen LogP contribution in [0.15, 0.2) is 24.3 Å². The van der Waals surface area contributed by atoms with Gasteiger partial charge in [-0.15, -0.1) is 5.06 Å². The predicted octanol–water partition coefficient (Wildman–Crippen LogP) is 0.864. The Balaban J connectivity index is 2.32. The van der Waals surface area contributed by atoms with E-state index in [0.717, 1.165) is 6.21 Å². The SMILES string of the molecule is N=CCON1C(=O)c2ccccc2C1=O. The Morgan fingerprint density at radius 1 is 1.20 bits per heavy atom. The van der Waals surface area contributed by atoms with Gasteiger partial charge in [0, 0.05) is 6.21 Å². The molecular weight excluding hydrogens is 196 g/mol. The summed E-state index contributed by atoms with van der Waals surface area (Å²) in [5.41, 5.74) is 0.681. The Labute approximate surface area is 85.7 Å². The molecule has 0 aliphatic carbocycles. The summed E-state index contributed by atoms with van der Waals surface area (Å²) in [6, 6.07) is 6.51. The van der Waals surface area contributed by atoms with Crippen molar-refractivity contribution in [3.63, 3.8) is 0 Å². The van der Waals surface area contributed by atoms with Crippen molar-refractivity contribution in [3.8, 4) is 0 Å². The fraction of sp³-hybridized carbons (Fsp3) is 0.100. The van der Waals surface area contributed by atoms with Gasteiger partial charge in [0.1, 0.15) is 6.61 Å². The average Bonchev–Trinajstić information content (AvgIpc) is 2.51. The Kier molecular flexibility index (Phi) is 2.31. The van der Waals surface area contributed by atoms with Gasteiger partial charge in [-0.1, -0.05) is 12.1 Å². The quantitative estimate of drug-likeness (QED) is 0.586. The summed E-state index contributed by atoms with van der Waals surface area (Å²) in [6.07, 6.45) is 0.976. The number of hydrogen-bond donors (Lipinski definition) is 1. The van der Waals surface area contributed by atoms with Gasteiger partial charge in [0.15, 0.2) is 0 Å². The lowest BCUT2D eigenvalue weighted by atomic mass is 10.1. The van der Waals surface area contributed by atoms with Gasteiger partial charge in [-0.3, -0.25) is 14.4 Å². The van der Waals surface area contributed by atoms with E-state index in [1.54, 1.807) is 24.3 Å². The molecular formula is C10H8N2O3. The summed E-state index contributed by atoms with van der Waals surface area (Å²) in [4.78, 5) is 28.1. The minimum Gasteiger partial charge on any atom is -0.311 e. The lowest BCUT2D eigenvalue weighted by Crippen LogP contribution is -2.30. The number of hydroxylamine groups is 2. The number of amides is 2. The number of carbonyl (C=O) groups excluding carboxylic acids is 2. The second kappa shape index (κ2) is 3.62. The summed E-state index contributed by atoms with van der Waals surface area (Å²) in [5, 5.41) is 7.45. The fourth-order valence-corrected chi connectivity index (χ4v) is 1.40. The maximum Gasteiger partial charge on any atom is 0.285 e. The Bertz CT molecular complexity index is 407. The van der Waals surface area contributed by atoms with E-state index in [1.807, 2.05) is 0 Å². The molecule has 1 aromatic carbocycles. The lowest BCUT2D eigenvalue weighted by Gasteiger charge is -2.10. The van der Waals surface area contributed by atoms with Crippen LogP contribution in [0.5, 0.6) is 0 Å². The van der Waals surface area contributed by atoms with Gasteiger partial charge in [-0.25, -0.2) is 0 Å². The van der Waals surface area contributed by atoms with Crippen LogP contribution >= 0.6 is 0 Å². The Morgan fingerprint density at radius 3 is 2.20 bits per heavy atom. The molecule has 0 saturated carbocycles. The molecule has 0 atom stereocenters. The number of nitrogens with one attached hydrogen (secondary N) is 1. The maximum atomic E-state index is 11.6. The van der Waals surface area contributed by atoms with E-state index in [9.17, 15) is 9.59 Å². The summed E-state index contributed by atoms with van der Waals surface area (Å²) in [7, 11) is 0. The topological polar surface area (TPSA) is 70.5 Å². The first-order valence-corrected chi connectivity index (χ1v) is 4.35. The van der Waals surface area contributed by atoms with Gasteiger partial charge >= 0.3 is 0 Å². The predicted molar refractivity (Wildman–Crippen MR) is 51.7 cm³/mol. The first kappa shape index (κ1) is 9.54. The molecule has 1 N–H and O–H groups in total.